The van der Waals surface area contributed by atoms with Crippen LogP contribution in [-0.2, 0) is 0 Å². The summed E-state index contributed by atoms with van der Waals surface area (Å²) in [5, 5.41) is 4.44. The molecule has 1 aromatic rings. The van der Waals surface area contributed by atoms with Gasteiger partial charge in [-0.3, -0.25) is 0 Å². The zero-order chi connectivity index (χ0) is 12.4. The Balaban J connectivity index is 2.03. The second-order valence-electron chi connectivity index (χ2n) is 5.59. The summed E-state index contributed by atoms with van der Waals surface area (Å²) in [5.74, 6) is 1.67. The highest BCUT2D eigenvalue weighted by atomic mass is 35.5. The van der Waals surface area contributed by atoms with Crippen LogP contribution in [0.25, 0.3) is 0 Å². The van der Waals surface area contributed by atoms with Gasteiger partial charge in [-0.25, -0.2) is 0 Å². The van der Waals surface area contributed by atoms with E-state index in [-0.39, 0.29) is 0 Å². The van der Waals surface area contributed by atoms with E-state index < -0.39 is 0 Å². The molecule has 17 heavy (non-hydrogen) atoms. The third kappa shape index (κ3) is 3.16. The molecule has 3 atom stereocenters. The Kier molecular flexibility index (Phi) is 3.98. The number of anilines is 1. The van der Waals surface area contributed by atoms with E-state index >= 15 is 0 Å². The van der Waals surface area contributed by atoms with Crippen molar-refractivity contribution in [2.45, 2.75) is 46.1 Å². The summed E-state index contributed by atoms with van der Waals surface area (Å²) in [6.07, 6.45) is 3.84. The lowest BCUT2D eigenvalue weighted by Crippen LogP contribution is -2.30. The Hall–Kier alpha value is -0.690. The third-order valence-corrected chi connectivity index (χ3v) is 4.41. The minimum Gasteiger partial charge on any atom is -0.381 e. The highest BCUT2D eigenvalue weighted by Gasteiger charge is 2.24. The topological polar surface area (TPSA) is 12.0 Å². The van der Waals surface area contributed by atoms with Gasteiger partial charge in [0.05, 0.1) is 10.7 Å². The highest BCUT2D eigenvalue weighted by Crippen LogP contribution is 2.32. The van der Waals surface area contributed by atoms with Gasteiger partial charge < -0.3 is 5.32 Å². The molecule has 3 unspecified atom stereocenters. The molecule has 2 heteroatoms. The van der Waals surface area contributed by atoms with Crippen LogP contribution in [0.15, 0.2) is 18.2 Å². The molecule has 1 aromatic carbocycles. The van der Waals surface area contributed by atoms with Crippen LogP contribution in [0.5, 0.6) is 0 Å². The molecular formula is C15H22ClN. The molecule has 1 N–H and O–H groups in total. The molecular weight excluding hydrogens is 230 g/mol. The van der Waals surface area contributed by atoms with Gasteiger partial charge in [-0.15, -0.1) is 0 Å². The lowest BCUT2D eigenvalue weighted by molar-refractivity contribution is 0.261. The van der Waals surface area contributed by atoms with Crippen LogP contribution in [0.1, 0.15) is 38.7 Å². The number of hydrogen-bond donors (Lipinski definition) is 1. The Labute approximate surface area is 110 Å². The molecule has 0 saturated heterocycles. The Morgan fingerprint density at radius 1 is 1.18 bits per heavy atom. The average Bonchev–Trinajstić information content (AvgIpc) is 2.29. The van der Waals surface area contributed by atoms with E-state index in [1.165, 1.54) is 24.8 Å². The van der Waals surface area contributed by atoms with Crippen LogP contribution in [0.3, 0.4) is 0 Å². The summed E-state index contributed by atoms with van der Waals surface area (Å²) in [4.78, 5) is 0. The molecule has 2 rings (SSSR count). The number of rotatable bonds is 2. The summed E-state index contributed by atoms with van der Waals surface area (Å²) in [5.41, 5.74) is 2.35. The van der Waals surface area contributed by atoms with Crippen LogP contribution < -0.4 is 5.32 Å². The number of halogens is 1. The molecule has 0 bridgehead atoms. The van der Waals surface area contributed by atoms with Crippen molar-refractivity contribution >= 4 is 17.3 Å². The van der Waals surface area contributed by atoms with Crippen LogP contribution >= 0.6 is 11.6 Å². The van der Waals surface area contributed by atoms with Gasteiger partial charge in [0.1, 0.15) is 0 Å². The summed E-state index contributed by atoms with van der Waals surface area (Å²) < 4.78 is 0. The minimum absolute atomic E-state index is 0.584. The molecule has 1 nitrogen and oxygen atoms in total. The maximum atomic E-state index is 6.22. The van der Waals surface area contributed by atoms with Gasteiger partial charge in [-0.2, -0.15) is 0 Å². The lowest BCUT2D eigenvalue weighted by Gasteiger charge is -2.33. The van der Waals surface area contributed by atoms with Crippen molar-refractivity contribution in [2.24, 2.45) is 11.8 Å². The van der Waals surface area contributed by atoms with Gasteiger partial charge in [0, 0.05) is 6.04 Å². The van der Waals surface area contributed by atoms with E-state index in [2.05, 4.69) is 38.2 Å². The van der Waals surface area contributed by atoms with E-state index in [4.69, 9.17) is 11.6 Å². The molecule has 1 aliphatic carbocycles. The molecule has 1 aliphatic rings. The van der Waals surface area contributed by atoms with Crippen molar-refractivity contribution in [3.8, 4) is 0 Å². The zero-order valence-corrected chi connectivity index (χ0v) is 11.7. The van der Waals surface area contributed by atoms with Crippen molar-refractivity contribution in [3.63, 3.8) is 0 Å². The molecule has 0 amide bonds. The number of hydrogen-bond acceptors (Lipinski definition) is 1. The molecule has 0 radical (unpaired) electrons. The van der Waals surface area contributed by atoms with Crippen LogP contribution in [0, 0.1) is 18.8 Å². The molecule has 0 aliphatic heterocycles. The molecule has 1 fully saturated rings. The minimum atomic E-state index is 0.584. The predicted molar refractivity (Wildman–Crippen MR) is 75.8 cm³/mol. The Morgan fingerprint density at radius 2 is 1.94 bits per heavy atom. The van der Waals surface area contributed by atoms with Crippen molar-refractivity contribution in [3.05, 3.63) is 28.8 Å². The molecule has 0 heterocycles. The SMILES string of the molecule is Cc1ccc(Cl)c(NC2CCC(C)C(C)C2)c1. The molecule has 1 saturated carbocycles. The Bertz CT molecular complexity index is 389. The predicted octanol–water partition coefficient (Wildman–Crippen LogP) is 4.89. The van der Waals surface area contributed by atoms with E-state index in [0.717, 1.165) is 22.5 Å². The first-order valence-corrected chi connectivity index (χ1v) is 6.96. The van der Waals surface area contributed by atoms with Gasteiger partial charge in [-0.05, 0) is 55.7 Å². The molecule has 0 aromatic heterocycles. The largest absolute Gasteiger partial charge is 0.381 e. The second kappa shape index (κ2) is 5.30. The van der Waals surface area contributed by atoms with Crippen molar-refractivity contribution in [1.29, 1.82) is 0 Å². The maximum Gasteiger partial charge on any atom is 0.0637 e. The third-order valence-electron chi connectivity index (χ3n) is 4.08. The monoisotopic (exact) mass is 251 g/mol. The van der Waals surface area contributed by atoms with Crippen LogP contribution in [0.4, 0.5) is 5.69 Å². The summed E-state index contributed by atoms with van der Waals surface area (Å²) in [6, 6.07) is 6.76. The fraction of sp³-hybridized carbons (Fsp3) is 0.600. The second-order valence-corrected chi connectivity index (χ2v) is 6.00. The average molecular weight is 252 g/mol. The van der Waals surface area contributed by atoms with Gasteiger partial charge in [0.15, 0.2) is 0 Å². The molecule has 94 valence electrons. The summed E-state index contributed by atoms with van der Waals surface area (Å²) in [7, 11) is 0. The van der Waals surface area contributed by atoms with Gasteiger partial charge in [0.25, 0.3) is 0 Å². The van der Waals surface area contributed by atoms with E-state index in [1.807, 2.05) is 6.07 Å². The van der Waals surface area contributed by atoms with E-state index in [9.17, 15) is 0 Å². The quantitative estimate of drug-likeness (QED) is 0.790. The van der Waals surface area contributed by atoms with E-state index in [0.29, 0.717) is 6.04 Å². The van der Waals surface area contributed by atoms with Gasteiger partial charge in [-0.1, -0.05) is 31.5 Å². The van der Waals surface area contributed by atoms with Crippen molar-refractivity contribution in [2.75, 3.05) is 5.32 Å². The fourth-order valence-electron chi connectivity index (χ4n) is 2.65. The van der Waals surface area contributed by atoms with Crippen molar-refractivity contribution < 1.29 is 0 Å². The number of aryl methyl sites for hydroxylation is 1. The summed E-state index contributed by atoms with van der Waals surface area (Å²) in [6.45, 7) is 6.82. The van der Waals surface area contributed by atoms with Gasteiger partial charge in [0.2, 0.25) is 0 Å². The highest BCUT2D eigenvalue weighted by molar-refractivity contribution is 6.33. The smallest absolute Gasteiger partial charge is 0.0637 e. The zero-order valence-electron chi connectivity index (χ0n) is 11.0. The van der Waals surface area contributed by atoms with E-state index in [1.54, 1.807) is 0 Å². The standard InChI is InChI=1S/C15H22ClN/c1-10-4-7-14(16)15(8-10)17-13-6-5-11(2)12(3)9-13/h4,7-8,11-13,17H,5-6,9H2,1-3H3. The Morgan fingerprint density at radius 3 is 2.65 bits per heavy atom. The number of nitrogens with one attached hydrogen (secondary N) is 1. The lowest BCUT2D eigenvalue weighted by atomic mass is 9.79. The maximum absolute atomic E-state index is 6.22. The summed E-state index contributed by atoms with van der Waals surface area (Å²) >= 11 is 6.22. The van der Waals surface area contributed by atoms with Crippen LogP contribution in [0.2, 0.25) is 5.02 Å². The van der Waals surface area contributed by atoms with Gasteiger partial charge >= 0.3 is 0 Å². The first kappa shape index (κ1) is 12.8. The normalized spacial score (nSPS) is 29.1. The molecule has 0 spiro atoms. The fourth-order valence-corrected chi connectivity index (χ4v) is 2.82. The first-order chi connectivity index (χ1) is 8.06. The van der Waals surface area contributed by atoms with Crippen LogP contribution in [-0.4, -0.2) is 6.04 Å². The number of benzene rings is 1. The van der Waals surface area contributed by atoms with Crippen molar-refractivity contribution in [1.82, 2.24) is 0 Å². The first-order valence-electron chi connectivity index (χ1n) is 6.59.